The number of hydrogen-bond donors (Lipinski definition) is 3. The van der Waals surface area contributed by atoms with Crippen LogP contribution in [0.25, 0.3) is 0 Å². The van der Waals surface area contributed by atoms with Crippen molar-refractivity contribution in [1.82, 2.24) is 0 Å². The van der Waals surface area contributed by atoms with E-state index in [0.29, 0.717) is 40.9 Å². The predicted molar refractivity (Wildman–Crippen MR) is 122 cm³/mol. The van der Waals surface area contributed by atoms with E-state index in [0.717, 1.165) is 32.1 Å². The first kappa shape index (κ1) is 22.8. The number of hydrogen-bond acceptors (Lipinski definition) is 3. The smallest absolute Gasteiger partial charge is 0.0757 e. The van der Waals surface area contributed by atoms with Gasteiger partial charge in [0, 0.05) is 0 Å². The molecule has 0 bridgehead atoms. The molecule has 0 aromatic rings. The summed E-state index contributed by atoms with van der Waals surface area (Å²) in [5.74, 6) is 3.24. The molecule has 10 atom stereocenters. The van der Waals surface area contributed by atoms with Crippen LogP contribution in [0.5, 0.6) is 0 Å². The van der Waals surface area contributed by atoms with Crippen molar-refractivity contribution in [2.45, 2.75) is 111 Å². The minimum atomic E-state index is -0.343. The molecule has 3 fully saturated rings. The van der Waals surface area contributed by atoms with Gasteiger partial charge in [0.15, 0.2) is 0 Å². The fourth-order valence-electron chi connectivity index (χ4n) is 8.57. The van der Waals surface area contributed by atoms with Gasteiger partial charge in [0.05, 0.1) is 18.3 Å². The van der Waals surface area contributed by atoms with Gasteiger partial charge in [-0.3, -0.25) is 0 Å². The zero-order chi connectivity index (χ0) is 21.8. The van der Waals surface area contributed by atoms with Crippen molar-refractivity contribution in [1.29, 1.82) is 0 Å². The largest absolute Gasteiger partial charge is 0.393 e. The summed E-state index contributed by atoms with van der Waals surface area (Å²) in [5.41, 5.74) is 1.83. The first-order valence-corrected chi connectivity index (χ1v) is 12.8. The van der Waals surface area contributed by atoms with Gasteiger partial charge in [0.25, 0.3) is 0 Å². The lowest BCUT2D eigenvalue weighted by Crippen LogP contribution is -2.55. The zero-order valence-corrected chi connectivity index (χ0v) is 20.0. The molecule has 3 N–H and O–H groups in total. The molecule has 3 heteroatoms. The Kier molecular flexibility index (Phi) is 6.23. The lowest BCUT2D eigenvalue weighted by atomic mass is 9.46. The van der Waals surface area contributed by atoms with Gasteiger partial charge in [-0.1, -0.05) is 46.3 Å². The average molecular weight is 419 g/mol. The highest BCUT2D eigenvalue weighted by Crippen LogP contribution is 2.67. The number of rotatable bonds is 5. The monoisotopic (exact) mass is 418 g/mol. The fraction of sp³-hybridized carbons (Fsp3) is 0.926. The second kappa shape index (κ2) is 8.19. The molecule has 0 amide bonds. The molecule has 0 saturated heterocycles. The van der Waals surface area contributed by atoms with Crippen LogP contribution in [0, 0.1) is 46.3 Å². The third-order valence-electron chi connectivity index (χ3n) is 10.6. The van der Waals surface area contributed by atoms with Crippen LogP contribution in [0.3, 0.4) is 0 Å². The van der Waals surface area contributed by atoms with Gasteiger partial charge in [-0.2, -0.15) is 0 Å². The quantitative estimate of drug-likeness (QED) is 0.529. The molecule has 30 heavy (non-hydrogen) atoms. The maximum atomic E-state index is 11.3. The molecule has 0 unspecified atom stereocenters. The Morgan fingerprint density at radius 1 is 0.967 bits per heavy atom. The molecular formula is C27H46O3. The van der Waals surface area contributed by atoms with E-state index in [1.54, 1.807) is 0 Å². The Labute approximate surface area is 184 Å². The molecule has 172 valence electrons. The van der Waals surface area contributed by atoms with Crippen molar-refractivity contribution in [3.63, 3.8) is 0 Å². The third kappa shape index (κ3) is 3.61. The van der Waals surface area contributed by atoms with E-state index < -0.39 is 0 Å². The maximum Gasteiger partial charge on any atom is 0.0757 e. The van der Waals surface area contributed by atoms with Crippen molar-refractivity contribution >= 4 is 0 Å². The van der Waals surface area contributed by atoms with E-state index in [-0.39, 0.29) is 23.7 Å². The fourth-order valence-corrected chi connectivity index (χ4v) is 8.57. The highest BCUT2D eigenvalue weighted by atomic mass is 16.3. The summed E-state index contributed by atoms with van der Waals surface area (Å²) in [5, 5.41) is 31.8. The van der Waals surface area contributed by atoms with Crippen molar-refractivity contribution in [2.24, 2.45) is 46.3 Å². The Hall–Kier alpha value is -0.380. The summed E-state index contributed by atoms with van der Waals surface area (Å²) in [7, 11) is 0. The molecule has 3 saturated carbocycles. The Morgan fingerprint density at radius 2 is 1.70 bits per heavy atom. The molecule has 0 aromatic carbocycles. The summed E-state index contributed by atoms with van der Waals surface area (Å²) >= 11 is 0. The highest BCUT2D eigenvalue weighted by molar-refractivity contribution is 5.27. The number of aliphatic hydroxyl groups excluding tert-OH is 3. The molecule has 0 aliphatic heterocycles. The van der Waals surface area contributed by atoms with E-state index in [4.69, 9.17) is 0 Å². The summed E-state index contributed by atoms with van der Waals surface area (Å²) < 4.78 is 0. The minimum absolute atomic E-state index is 0.176. The molecule has 0 spiro atoms. The topological polar surface area (TPSA) is 60.7 Å². The Morgan fingerprint density at radius 3 is 2.40 bits per heavy atom. The van der Waals surface area contributed by atoms with E-state index in [2.05, 4.69) is 40.7 Å². The second-order valence-corrected chi connectivity index (χ2v) is 12.4. The molecule has 4 aliphatic rings. The average Bonchev–Trinajstić information content (AvgIpc) is 3.04. The van der Waals surface area contributed by atoms with Gasteiger partial charge < -0.3 is 15.3 Å². The van der Waals surface area contributed by atoms with E-state index in [9.17, 15) is 15.3 Å². The van der Waals surface area contributed by atoms with Gasteiger partial charge >= 0.3 is 0 Å². The SMILES string of the molecule is CC(C)[C@@H](O)CC[C@@H](C)[C@H]1CC[C@H]2[C@@H]3[C@H](O)C=C4C[C@@H](O)CC[C@]4(C)[C@H]3CC[C@]12C. The normalized spacial score (nSPS) is 47.8. The second-order valence-electron chi connectivity index (χ2n) is 12.4. The van der Waals surface area contributed by atoms with Crippen LogP contribution < -0.4 is 0 Å². The molecule has 0 radical (unpaired) electrons. The molecule has 0 aromatic heterocycles. The van der Waals surface area contributed by atoms with Gasteiger partial charge in [-0.05, 0) is 104 Å². The molecule has 4 rings (SSSR count). The van der Waals surface area contributed by atoms with Crippen molar-refractivity contribution in [3.8, 4) is 0 Å². The summed E-state index contributed by atoms with van der Waals surface area (Å²) in [6.45, 7) is 11.6. The number of aliphatic hydroxyl groups is 3. The van der Waals surface area contributed by atoms with Crippen LogP contribution in [0.4, 0.5) is 0 Å². The van der Waals surface area contributed by atoms with Crippen molar-refractivity contribution in [3.05, 3.63) is 11.6 Å². The summed E-state index contributed by atoms with van der Waals surface area (Å²) in [6.07, 6.45) is 11.2. The molecular weight excluding hydrogens is 372 g/mol. The minimum Gasteiger partial charge on any atom is -0.393 e. The van der Waals surface area contributed by atoms with Crippen LogP contribution in [0.1, 0.15) is 92.4 Å². The maximum absolute atomic E-state index is 11.3. The molecule has 3 nitrogen and oxygen atoms in total. The first-order valence-electron chi connectivity index (χ1n) is 12.8. The highest BCUT2D eigenvalue weighted by Gasteiger charge is 2.61. The van der Waals surface area contributed by atoms with Gasteiger partial charge in [0.1, 0.15) is 0 Å². The van der Waals surface area contributed by atoms with E-state index in [1.807, 2.05) is 0 Å². The van der Waals surface area contributed by atoms with Crippen LogP contribution in [-0.2, 0) is 0 Å². The van der Waals surface area contributed by atoms with Crippen molar-refractivity contribution < 1.29 is 15.3 Å². The van der Waals surface area contributed by atoms with Crippen LogP contribution in [-0.4, -0.2) is 33.6 Å². The van der Waals surface area contributed by atoms with Gasteiger partial charge in [-0.15, -0.1) is 0 Å². The van der Waals surface area contributed by atoms with E-state index in [1.165, 1.54) is 31.3 Å². The lowest BCUT2D eigenvalue weighted by molar-refractivity contribution is -0.0973. The molecule has 0 heterocycles. The number of fused-ring (bicyclic) bond motifs is 5. The Bertz CT molecular complexity index is 656. The van der Waals surface area contributed by atoms with Crippen LogP contribution >= 0.6 is 0 Å². The summed E-state index contributed by atoms with van der Waals surface area (Å²) in [6, 6.07) is 0. The zero-order valence-electron chi connectivity index (χ0n) is 20.0. The Balaban J connectivity index is 1.53. The van der Waals surface area contributed by atoms with E-state index >= 15 is 0 Å². The molecule has 4 aliphatic carbocycles. The predicted octanol–water partition coefficient (Wildman–Crippen LogP) is 5.33. The van der Waals surface area contributed by atoms with Crippen LogP contribution in [0.2, 0.25) is 0 Å². The summed E-state index contributed by atoms with van der Waals surface area (Å²) in [4.78, 5) is 0. The lowest BCUT2D eigenvalue weighted by Gasteiger charge is -2.59. The van der Waals surface area contributed by atoms with Crippen molar-refractivity contribution in [2.75, 3.05) is 0 Å². The first-order chi connectivity index (χ1) is 14.1. The van der Waals surface area contributed by atoms with Gasteiger partial charge in [0.2, 0.25) is 0 Å². The van der Waals surface area contributed by atoms with Gasteiger partial charge in [-0.25, -0.2) is 0 Å². The third-order valence-corrected chi connectivity index (χ3v) is 10.6. The van der Waals surface area contributed by atoms with Crippen LogP contribution in [0.15, 0.2) is 11.6 Å². The standard InChI is InChI=1S/C27H46O3/c1-16(2)23(29)9-6-17(3)20-7-8-21-25-22(11-13-27(20,21)5)26(4)12-10-19(28)14-18(26)15-24(25)30/h15-17,19-25,28-30H,6-14H2,1-5H3/t17-,19+,20-,21+,22+,23+,24-,25+,26+,27-/m1/s1.